The monoisotopic (exact) mass is 324 g/mol. The van der Waals surface area contributed by atoms with Crippen LogP contribution in [-0.4, -0.2) is 27.2 Å². The van der Waals surface area contributed by atoms with Gasteiger partial charge in [-0.25, -0.2) is 8.42 Å². The summed E-state index contributed by atoms with van der Waals surface area (Å²) in [5.74, 6) is -0.360. The number of esters is 1. The zero-order chi connectivity index (χ0) is 16.6. The van der Waals surface area contributed by atoms with Gasteiger partial charge in [-0.2, -0.15) is 0 Å². The molecule has 0 atom stereocenters. The fourth-order valence-electron chi connectivity index (χ4n) is 1.60. The van der Waals surface area contributed by atoms with Crippen LogP contribution in [0.25, 0.3) is 0 Å². The van der Waals surface area contributed by atoms with Gasteiger partial charge in [0.15, 0.2) is 15.6 Å². The van der Waals surface area contributed by atoms with Crippen LogP contribution in [0.5, 0.6) is 5.75 Å². The fraction of sp³-hybridized carbons (Fsp3) is 0.312. The molecular formula is C16H20O5S. The molecule has 1 aromatic carbocycles. The van der Waals surface area contributed by atoms with Gasteiger partial charge in [-0.3, -0.25) is 4.79 Å². The van der Waals surface area contributed by atoms with Gasteiger partial charge in [0.1, 0.15) is 11.5 Å². The summed E-state index contributed by atoms with van der Waals surface area (Å²) in [6.45, 7) is 5.72. The van der Waals surface area contributed by atoms with E-state index >= 15 is 0 Å². The second-order valence-corrected chi connectivity index (χ2v) is 6.50. The molecule has 0 N–H and O–H groups in total. The molecule has 5 nitrogen and oxygen atoms in total. The third-order valence-corrected chi connectivity index (χ3v) is 4.40. The number of ether oxygens (including phenoxy) is 2. The molecular weight excluding hydrogens is 304 g/mol. The molecule has 0 aliphatic carbocycles. The Hall–Kier alpha value is -2.08. The first kappa shape index (κ1) is 18.0. The third kappa shape index (κ3) is 5.37. The molecule has 0 amide bonds. The SMILES string of the molecule is C=C/C(=C\CCC)Oc1ccc(S(=O)(=O)CC(=O)OC)cc1. The Balaban J connectivity index is 2.86. The molecule has 22 heavy (non-hydrogen) atoms. The lowest BCUT2D eigenvalue weighted by atomic mass is 10.3. The molecule has 0 saturated heterocycles. The molecule has 0 aliphatic rings. The summed E-state index contributed by atoms with van der Waals surface area (Å²) in [4.78, 5) is 11.2. The van der Waals surface area contributed by atoms with E-state index in [4.69, 9.17) is 4.74 Å². The summed E-state index contributed by atoms with van der Waals surface area (Å²) in [6.07, 6.45) is 5.37. The van der Waals surface area contributed by atoms with E-state index in [1.807, 2.05) is 6.08 Å². The molecule has 0 aliphatic heterocycles. The Morgan fingerprint density at radius 2 is 1.91 bits per heavy atom. The number of allylic oxidation sites excluding steroid dienone is 2. The van der Waals surface area contributed by atoms with Gasteiger partial charge in [0.2, 0.25) is 0 Å². The number of unbranched alkanes of at least 4 members (excludes halogenated alkanes) is 1. The molecule has 0 radical (unpaired) electrons. The first-order valence-corrected chi connectivity index (χ1v) is 8.48. The van der Waals surface area contributed by atoms with E-state index in [2.05, 4.69) is 18.2 Å². The van der Waals surface area contributed by atoms with E-state index < -0.39 is 21.6 Å². The maximum atomic E-state index is 12.0. The summed E-state index contributed by atoms with van der Waals surface area (Å²) in [6, 6.07) is 5.86. The van der Waals surface area contributed by atoms with Crippen LogP contribution in [0.15, 0.2) is 53.7 Å². The molecule has 0 bridgehead atoms. The topological polar surface area (TPSA) is 69.7 Å². The fourth-order valence-corrected chi connectivity index (χ4v) is 2.75. The van der Waals surface area contributed by atoms with Gasteiger partial charge < -0.3 is 9.47 Å². The van der Waals surface area contributed by atoms with Gasteiger partial charge >= 0.3 is 5.97 Å². The van der Waals surface area contributed by atoms with Crippen LogP contribution < -0.4 is 4.74 Å². The first-order valence-electron chi connectivity index (χ1n) is 6.83. The smallest absolute Gasteiger partial charge is 0.321 e. The van der Waals surface area contributed by atoms with E-state index in [1.54, 1.807) is 6.08 Å². The van der Waals surface area contributed by atoms with Crippen molar-refractivity contribution in [3.8, 4) is 5.75 Å². The highest BCUT2D eigenvalue weighted by molar-refractivity contribution is 7.92. The van der Waals surface area contributed by atoms with Gasteiger partial charge in [-0.05, 0) is 42.8 Å². The van der Waals surface area contributed by atoms with Crippen LogP contribution in [0, 0.1) is 0 Å². The Morgan fingerprint density at radius 3 is 2.41 bits per heavy atom. The molecule has 0 heterocycles. The molecule has 120 valence electrons. The number of hydrogen-bond acceptors (Lipinski definition) is 5. The summed E-state index contributed by atoms with van der Waals surface area (Å²) in [7, 11) is -2.55. The maximum absolute atomic E-state index is 12.0. The highest BCUT2D eigenvalue weighted by atomic mass is 32.2. The van der Waals surface area contributed by atoms with Crippen molar-refractivity contribution in [3.63, 3.8) is 0 Å². The zero-order valence-electron chi connectivity index (χ0n) is 12.7. The summed E-state index contributed by atoms with van der Waals surface area (Å²) < 4.78 is 33.9. The number of carbonyl (C=O) groups is 1. The highest BCUT2D eigenvalue weighted by Crippen LogP contribution is 2.19. The van der Waals surface area contributed by atoms with Crippen LogP contribution in [0.3, 0.4) is 0 Å². The summed E-state index contributed by atoms with van der Waals surface area (Å²) in [5, 5.41) is 0. The number of benzene rings is 1. The van der Waals surface area contributed by atoms with E-state index in [0.717, 1.165) is 20.0 Å². The van der Waals surface area contributed by atoms with Gasteiger partial charge in [-0.15, -0.1) is 0 Å². The van der Waals surface area contributed by atoms with Crippen molar-refractivity contribution >= 4 is 15.8 Å². The Bertz CT molecular complexity index is 642. The lowest BCUT2D eigenvalue weighted by Crippen LogP contribution is -2.17. The number of rotatable bonds is 8. The first-order chi connectivity index (χ1) is 10.4. The lowest BCUT2D eigenvalue weighted by Gasteiger charge is -2.08. The average molecular weight is 324 g/mol. The Labute approximate surface area is 131 Å². The van der Waals surface area contributed by atoms with Crippen molar-refractivity contribution in [1.82, 2.24) is 0 Å². The molecule has 0 fully saturated rings. The van der Waals surface area contributed by atoms with Crippen molar-refractivity contribution in [2.24, 2.45) is 0 Å². The third-order valence-electron chi connectivity index (χ3n) is 2.79. The number of sulfone groups is 1. The highest BCUT2D eigenvalue weighted by Gasteiger charge is 2.19. The molecule has 0 saturated carbocycles. The predicted octanol–water partition coefficient (Wildman–Crippen LogP) is 2.88. The van der Waals surface area contributed by atoms with Gasteiger partial charge in [0.25, 0.3) is 0 Å². The quantitative estimate of drug-likeness (QED) is 0.418. The minimum Gasteiger partial charge on any atom is -0.468 e. The molecule has 6 heteroatoms. The van der Waals surface area contributed by atoms with E-state index in [-0.39, 0.29) is 4.90 Å². The summed E-state index contributed by atoms with van der Waals surface area (Å²) in [5.41, 5.74) is 0. The van der Waals surface area contributed by atoms with Crippen molar-refractivity contribution in [2.45, 2.75) is 24.7 Å². The molecule has 0 aromatic heterocycles. The van der Waals surface area contributed by atoms with Crippen LogP contribution in [0.2, 0.25) is 0 Å². The molecule has 1 rings (SSSR count). The Kier molecular flexibility index (Phi) is 6.85. The van der Waals surface area contributed by atoms with Crippen LogP contribution in [0.4, 0.5) is 0 Å². The largest absolute Gasteiger partial charge is 0.468 e. The van der Waals surface area contributed by atoms with E-state index in [9.17, 15) is 13.2 Å². The second-order valence-electron chi connectivity index (χ2n) is 4.51. The van der Waals surface area contributed by atoms with Gasteiger partial charge in [-0.1, -0.05) is 19.9 Å². The van der Waals surface area contributed by atoms with Gasteiger partial charge in [0, 0.05) is 0 Å². The van der Waals surface area contributed by atoms with Crippen LogP contribution in [-0.2, 0) is 19.4 Å². The second kappa shape index (κ2) is 8.38. The maximum Gasteiger partial charge on any atom is 0.321 e. The number of hydrogen-bond donors (Lipinski definition) is 0. The van der Waals surface area contributed by atoms with Crippen LogP contribution in [0.1, 0.15) is 19.8 Å². The number of carbonyl (C=O) groups excluding carboxylic acids is 1. The molecule has 1 aromatic rings. The molecule has 0 spiro atoms. The van der Waals surface area contributed by atoms with Crippen molar-refractivity contribution in [3.05, 3.63) is 48.8 Å². The van der Waals surface area contributed by atoms with Crippen molar-refractivity contribution < 1.29 is 22.7 Å². The Morgan fingerprint density at radius 1 is 1.27 bits per heavy atom. The minimum atomic E-state index is -3.70. The average Bonchev–Trinajstić information content (AvgIpc) is 2.51. The van der Waals surface area contributed by atoms with Gasteiger partial charge in [0.05, 0.1) is 12.0 Å². The zero-order valence-corrected chi connectivity index (χ0v) is 13.6. The van der Waals surface area contributed by atoms with Crippen molar-refractivity contribution in [2.75, 3.05) is 12.9 Å². The normalized spacial score (nSPS) is 11.8. The summed E-state index contributed by atoms with van der Waals surface area (Å²) >= 11 is 0. The van der Waals surface area contributed by atoms with E-state index in [0.29, 0.717) is 11.5 Å². The van der Waals surface area contributed by atoms with E-state index in [1.165, 1.54) is 24.3 Å². The minimum absolute atomic E-state index is 0.0444. The number of methoxy groups -OCH3 is 1. The van der Waals surface area contributed by atoms with Crippen molar-refractivity contribution in [1.29, 1.82) is 0 Å². The lowest BCUT2D eigenvalue weighted by molar-refractivity contribution is -0.137. The molecule has 0 unspecified atom stereocenters. The van der Waals surface area contributed by atoms with Crippen LogP contribution >= 0.6 is 0 Å². The predicted molar refractivity (Wildman–Crippen MR) is 84.3 cm³/mol. The standard InChI is InChI=1S/C16H20O5S/c1-4-6-7-13(5-2)21-14-8-10-15(11-9-14)22(18,19)12-16(17)20-3/h5,7-11H,2,4,6,12H2,1,3H3/b13-7+.